The van der Waals surface area contributed by atoms with Crippen LogP contribution in [0, 0.1) is 0 Å². The maximum absolute atomic E-state index is 4.05. The van der Waals surface area contributed by atoms with Crippen LogP contribution in [0.15, 0.2) is 4.99 Å². The summed E-state index contributed by atoms with van der Waals surface area (Å²) in [6, 6.07) is 0. The summed E-state index contributed by atoms with van der Waals surface area (Å²) >= 11 is 1.79. The Labute approximate surface area is 73.9 Å². The average molecular weight is 174 g/mol. The van der Waals surface area contributed by atoms with Gasteiger partial charge in [-0.2, -0.15) is 0 Å². The molecule has 0 saturated carbocycles. The summed E-state index contributed by atoms with van der Waals surface area (Å²) in [5.74, 6) is 1.12. The zero-order valence-electron chi connectivity index (χ0n) is 8.06. The minimum absolute atomic E-state index is 0.250. The van der Waals surface area contributed by atoms with Gasteiger partial charge in [0, 0.05) is 18.3 Å². The Morgan fingerprint density at radius 1 is 1.45 bits per heavy atom. The van der Waals surface area contributed by atoms with E-state index in [0.29, 0.717) is 0 Å². The van der Waals surface area contributed by atoms with Crippen molar-refractivity contribution in [1.82, 2.24) is 5.32 Å². The van der Waals surface area contributed by atoms with Crippen molar-refractivity contribution in [3.05, 3.63) is 0 Å². The molecule has 0 aromatic rings. The summed E-state index contributed by atoms with van der Waals surface area (Å²) in [4.78, 5) is 4.05. The molecule has 1 aliphatic rings. The number of amidine groups is 1. The Morgan fingerprint density at radius 2 is 2.00 bits per heavy atom. The van der Waals surface area contributed by atoms with Crippen molar-refractivity contribution in [3.63, 3.8) is 0 Å². The van der Waals surface area contributed by atoms with E-state index in [-0.39, 0.29) is 5.54 Å². The quantitative estimate of drug-likeness (QED) is 0.608. The lowest BCUT2D eigenvalue weighted by molar-refractivity contribution is 0.537. The summed E-state index contributed by atoms with van der Waals surface area (Å²) in [7, 11) is 1.82. The van der Waals surface area contributed by atoms with E-state index in [0.717, 1.165) is 10.9 Å². The highest BCUT2D eigenvalue weighted by Crippen LogP contribution is 2.21. The fraction of sp³-hybridized carbons (Fsp3) is 0.875. The molecule has 1 saturated heterocycles. The molecule has 1 N–H and O–H groups in total. The Balaban J connectivity index is 0.000000461. The molecule has 0 aliphatic carbocycles. The molecule has 66 valence electrons. The number of nitrogens with one attached hydrogen (secondary N) is 1. The number of rotatable bonds is 0. The maximum atomic E-state index is 4.05. The van der Waals surface area contributed by atoms with Crippen LogP contribution in [-0.2, 0) is 0 Å². The van der Waals surface area contributed by atoms with Crippen LogP contribution >= 0.6 is 11.8 Å². The molecule has 0 aromatic heterocycles. The van der Waals surface area contributed by atoms with Crippen molar-refractivity contribution in [1.29, 1.82) is 0 Å². The van der Waals surface area contributed by atoms with Gasteiger partial charge in [-0.05, 0) is 13.8 Å². The molecule has 0 bridgehead atoms. The van der Waals surface area contributed by atoms with E-state index in [4.69, 9.17) is 0 Å². The van der Waals surface area contributed by atoms with Crippen molar-refractivity contribution in [3.8, 4) is 0 Å². The number of thioether (sulfide) groups is 1. The zero-order chi connectivity index (χ0) is 8.91. The van der Waals surface area contributed by atoms with Gasteiger partial charge >= 0.3 is 0 Å². The van der Waals surface area contributed by atoms with Gasteiger partial charge in [-0.1, -0.05) is 25.6 Å². The molecular weight excluding hydrogens is 156 g/mol. The van der Waals surface area contributed by atoms with E-state index in [2.05, 4.69) is 24.2 Å². The lowest BCUT2D eigenvalue weighted by Gasteiger charge is -2.15. The molecule has 0 radical (unpaired) electrons. The first-order valence-corrected chi connectivity index (χ1v) is 5.00. The number of hydrogen-bond acceptors (Lipinski definition) is 2. The normalized spacial score (nSPS) is 23.9. The molecule has 2 nitrogen and oxygen atoms in total. The molecule has 0 amide bonds. The second-order valence-electron chi connectivity index (χ2n) is 2.83. The molecule has 1 fully saturated rings. The molecule has 1 aliphatic heterocycles. The first-order valence-electron chi connectivity index (χ1n) is 4.02. The predicted molar refractivity (Wildman–Crippen MR) is 54.4 cm³/mol. The van der Waals surface area contributed by atoms with Crippen molar-refractivity contribution >= 4 is 16.9 Å². The predicted octanol–water partition coefficient (Wildman–Crippen LogP) is 2.11. The summed E-state index contributed by atoms with van der Waals surface area (Å²) in [5.41, 5.74) is 0.250. The molecule has 0 unspecified atom stereocenters. The fourth-order valence-electron chi connectivity index (χ4n) is 0.731. The topological polar surface area (TPSA) is 24.4 Å². The van der Waals surface area contributed by atoms with Crippen LogP contribution < -0.4 is 5.32 Å². The minimum Gasteiger partial charge on any atom is -0.359 e. The van der Waals surface area contributed by atoms with Gasteiger partial charge in [0.1, 0.15) is 0 Å². The van der Waals surface area contributed by atoms with Crippen LogP contribution in [0.4, 0.5) is 0 Å². The molecular formula is C8H18N2S. The van der Waals surface area contributed by atoms with Gasteiger partial charge in [0.05, 0.1) is 0 Å². The molecule has 11 heavy (non-hydrogen) atoms. The highest BCUT2D eigenvalue weighted by molar-refractivity contribution is 8.14. The standard InChI is InChI=1S/C6H12N2S.C2H6/c1-6(2)4-9-5(7-3)8-6;1-2/h4H2,1-3H3,(H,7,8);1-2H3. The van der Waals surface area contributed by atoms with E-state index in [1.54, 1.807) is 11.8 Å². The summed E-state index contributed by atoms with van der Waals surface area (Å²) < 4.78 is 0. The third-order valence-electron chi connectivity index (χ3n) is 1.22. The van der Waals surface area contributed by atoms with Gasteiger partial charge in [0.25, 0.3) is 0 Å². The van der Waals surface area contributed by atoms with E-state index < -0.39 is 0 Å². The number of aliphatic imine (C=N–C) groups is 1. The molecule has 1 heterocycles. The third-order valence-corrected chi connectivity index (χ3v) is 2.64. The van der Waals surface area contributed by atoms with Crippen LogP contribution in [0.3, 0.4) is 0 Å². The smallest absolute Gasteiger partial charge is 0.156 e. The molecule has 0 aromatic carbocycles. The van der Waals surface area contributed by atoms with Crippen LogP contribution in [0.1, 0.15) is 27.7 Å². The second kappa shape index (κ2) is 4.65. The first kappa shape index (κ1) is 10.8. The van der Waals surface area contributed by atoms with Crippen LogP contribution in [-0.4, -0.2) is 23.5 Å². The highest BCUT2D eigenvalue weighted by Gasteiger charge is 2.26. The fourth-order valence-corrected chi connectivity index (χ4v) is 1.78. The summed E-state index contributed by atoms with van der Waals surface area (Å²) in [6.45, 7) is 8.36. The Bertz CT molecular complexity index is 141. The van der Waals surface area contributed by atoms with Crippen LogP contribution in [0.5, 0.6) is 0 Å². The SMILES string of the molecule is CC.CN=C1NC(C)(C)CS1. The Kier molecular flexibility index (Phi) is 4.57. The minimum atomic E-state index is 0.250. The molecule has 3 heteroatoms. The van der Waals surface area contributed by atoms with E-state index >= 15 is 0 Å². The average Bonchev–Trinajstić information content (AvgIpc) is 2.34. The lowest BCUT2D eigenvalue weighted by Crippen LogP contribution is -2.36. The highest BCUT2D eigenvalue weighted by atomic mass is 32.2. The van der Waals surface area contributed by atoms with Crippen LogP contribution in [0.2, 0.25) is 0 Å². The maximum Gasteiger partial charge on any atom is 0.156 e. The van der Waals surface area contributed by atoms with Gasteiger partial charge in [-0.25, -0.2) is 0 Å². The molecule has 0 spiro atoms. The van der Waals surface area contributed by atoms with E-state index in [9.17, 15) is 0 Å². The first-order chi connectivity index (χ1) is 5.14. The van der Waals surface area contributed by atoms with E-state index in [1.165, 1.54) is 0 Å². The van der Waals surface area contributed by atoms with Crippen molar-refractivity contribution in [2.45, 2.75) is 33.2 Å². The molecule has 1 rings (SSSR count). The van der Waals surface area contributed by atoms with Crippen molar-refractivity contribution in [2.24, 2.45) is 4.99 Å². The van der Waals surface area contributed by atoms with Gasteiger partial charge < -0.3 is 5.32 Å². The number of nitrogens with zero attached hydrogens (tertiary/aromatic N) is 1. The monoisotopic (exact) mass is 174 g/mol. The van der Waals surface area contributed by atoms with Crippen molar-refractivity contribution < 1.29 is 0 Å². The number of hydrogen-bond donors (Lipinski definition) is 1. The van der Waals surface area contributed by atoms with Crippen molar-refractivity contribution in [2.75, 3.05) is 12.8 Å². The van der Waals surface area contributed by atoms with Crippen LogP contribution in [0.25, 0.3) is 0 Å². The van der Waals surface area contributed by atoms with Gasteiger partial charge in [0.15, 0.2) is 5.17 Å². The second-order valence-corrected chi connectivity index (χ2v) is 3.79. The molecule has 0 atom stereocenters. The summed E-state index contributed by atoms with van der Waals surface area (Å²) in [6.07, 6.45) is 0. The van der Waals surface area contributed by atoms with Gasteiger partial charge in [0.2, 0.25) is 0 Å². The lowest BCUT2D eigenvalue weighted by atomic mass is 10.1. The van der Waals surface area contributed by atoms with Gasteiger partial charge in [-0.15, -0.1) is 0 Å². The largest absolute Gasteiger partial charge is 0.359 e. The summed E-state index contributed by atoms with van der Waals surface area (Å²) in [5, 5.41) is 4.36. The zero-order valence-corrected chi connectivity index (χ0v) is 8.88. The van der Waals surface area contributed by atoms with Gasteiger partial charge in [-0.3, -0.25) is 4.99 Å². The Morgan fingerprint density at radius 3 is 2.18 bits per heavy atom. The van der Waals surface area contributed by atoms with E-state index in [1.807, 2.05) is 20.9 Å². The Hall–Kier alpha value is -0.180. The third kappa shape index (κ3) is 3.65.